The molecule has 0 radical (unpaired) electrons. The Hall–Kier alpha value is -2.25. The lowest BCUT2D eigenvalue weighted by molar-refractivity contribution is -0.115. The Morgan fingerprint density at radius 2 is 1.84 bits per heavy atom. The van der Waals surface area contributed by atoms with Crippen molar-refractivity contribution in [2.24, 2.45) is 0 Å². The lowest BCUT2D eigenvalue weighted by Crippen LogP contribution is -2.14. The maximum atomic E-state index is 12.1. The van der Waals surface area contributed by atoms with Crippen LogP contribution in [0.15, 0.2) is 59.1 Å². The molecule has 25 heavy (non-hydrogen) atoms. The molecule has 2 aromatic carbocycles. The molecule has 0 unspecified atom stereocenters. The molecule has 0 bridgehead atoms. The van der Waals surface area contributed by atoms with Crippen molar-refractivity contribution in [1.29, 1.82) is 0 Å². The van der Waals surface area contributed by atoms with Gasteiger partial charge in [0.25, 0.3) is 0 Å². The van der Waals surface area contributed by atoms with Crippen LogP contribution in [-0.4, -0.2) is 22.7 Å². The second-order valence-corrected chi connectivity index (χ2v) is 7.24. The maximum absolute atomic E-state index is 12.1. The number of carbonyl (C=O) groups is 1. The molecule has 0 fully saturated rings. The van der Waals surface area contributed by atoms with Gasteiger partial charge in [0.1, 0.15) is 10.8 Å². The number of ether oxygens (including phenoxy) is 1. The molecule has 0 atom stereocenters. The van der Waals surface area contributed by atoms with E-state index in [-0.39, 0.29) is 5.91 Å². The maximum Gasteiger partial charge on any atom is 0.230 e. The van der Waals surface area contributed by atoms with Crippen LogP contribution in [0.25, 0.3) is 0 Å². The molecule has 7 heteroatoms. The van der Waals surface area contributed by atoms with Gasteiger partial charge in [0.2, 0.25) is 11.0 Å². The van der Waals surface area contributed by atoms with E-state index in [0.29, 0.717) is 24.6 Å². The van der Waals surface area contributed by atoms with Crippen LogP contribution in [0.1, 0.15) is 10.6 Å². The molecule has 0 aliphatic rings. The van der Waals surface area contributed by atoms with Crippen LogP contribution in [0, 0.1) is 0 Å². The van der Waals surface area contributed by atoms with E-state index >= 15 is 0 Å². The molecule has 0 aliphatic heterocycles. The van der Waals surface area contributed by atoms with Crippen LogP contribution in [0.4, 0.5) is 5.13 Å². The van der Waals surface area contributed by atoms with Crippen molar-refractivity contribution in [3.8, 4) is 5.75 Å². The second-order valence-electron chi connectivity index (χ2n) is 5.26. The number of para-hydroxylation sites is 1. The van der Waals surface area contributed by atoms with E-state index in [1.54, 1.807) is 0 Å². The quantitative estimate of drug-likeness (QED) is 0.628. The first-order chi connectivity index (χ1) is 12.2. The van der Waals surface area contributed by atoms with Crippen molar-refractivity contribution >= 4 is 38.3 Å². The predicted octanol–water partition coefficient (Wildman–Crippen LogP) is 4.10. The number of nitrogens with zero attached hydrogens (tertiary/aromatic N) is 2. The summed E-state index contributed by atoms with van der Waals surface area (Å²) in [5, 5.41) is 12.2. The molecule has 0 saturated heterocycles. The minimum absolute atomic E-state index is 0.106. The van der Waals surface area contributed by atoms with Crippen molar-refractivity contribution < 1.29 is 9.53 Å². The Kier molecular flexibility index (Phi) is 6.14. The number of benzene rings is 2. The lowest BCUT2D eigenvalue weighted by Gasteiger charge is -2.03. The number of hydrogen-bond donors (Lipinski definition) is 1. The molecule has 1 amide bonds. The number of aromatic nitrogens is 2. The molecule has 128 valence electrons. The number of carbonyl (C=O) groups excluding carboxylic acids is 1. The van der Waals surface area contributed by atoms with E-state index in [1.165, 1.54) is 11.3 Å². The summed E-state index contributed by atoms with van der Waals surface area (Å²) < 4.78 is 6.63. The number of hydrogen-bond acceptors (Lipinski definition) is 5. The number of nitrogens with one attached hydrogen (secondary N) is 1. The van der Waals surface area contributed by atoms with Crippen molar-refractivity contribution in [3.63, 3.8) is 0 Å². The van der Waals surface area contributed by atoms with E-state index in [1.807, 2.05) is 54.6 Å². The average molecular weight is 418 g/mol. The lowest BCUT2D eigenvalue weighted by atomic mass is 10.1. The molecule has 0 spiro atoms. The Balaban J connectivity index is 1.46. The largest absolute Gasteiger partial charge is 0.493 e. The minimum atomic E-state index is -0.106. The molecular formula is C18H16BrN3O2S. The van der Waals surface area contributed by atoms with E-state index in [0.717, 1.165) is 20.8 Å². The molecule has 3 rings (SSSR count). The van der Waals surface area contributed by atoms with Gasteiger partial charge in [-0.15, -0.1) is 10.2 Å². The van der Waals surface area contributed by atoms with Gasteiger partial charge in [-0.1, -0.05) is 57.6 Å². The van der Waals surface area contributed by atoms with Crippen LogP contribution < -0.4 is 10.1 Å². The molecule has 1 heterocycles. The van der Waals surface area contributed by atoms with Gasteiger partial charge >= 0.3 is 0 Å². The summed E-state index contributed by atoms with van der Waals surface area (Å²) >= 11 is 4.74. The first-order valence-electron chi connectivity index (χ1n) is 7.73. The zero-order valence-electron chi connectivity index (χ0n) is 13.3. The average Bonchev–Trinajstić information content (AvgIpc) is 3.05. The van der Waals surface area contributed by atoms with Crippen molar-refractivity contribution in [3.05, 3.63) is 69.6 Å². The van der Waals surface area contributed by atoms with Crippen LogP contribution in [0.5, 0.6) is 5.75 Å². The highest BCUT2D eigenvalue weighted by atomic mass is 79.9. The molecule has 0 aliphatic carbocycles. The minimum Gasteiger partial charge on any atom is -0.493 e. The fraction of sp³-hybridized carbons (Fsp3) is 0.167. The molecule has 1 N–H and O–H groups in total. The highest BCUT2D eigenvalue weighted by molar-refractivity contribution is 9.10. The SMILES string of the molecule is O=C(Cc1ccc(Br)cc1)Nc1nnc(CCOc2ccccc2)s1. The summed E-state index contributed by atoms with van der Waals surface area (Å²) in [5.74, 6) is 0.723. The number of anilines is 1. The molecule has 0 saturated carbocycles. The van der Waals surface area contributed by atoms with Gasteiger partial charge < -0.3 is 10.1 Å². The summed E-state index contributed by atoms with van der Waals surface area (Å²) in [6, 6.07) is 17.3. The van der Waals surface area contributed by atoms with E-state index in [9.17, 15) is 4.79 Å². The summed E-state index contributed by atoms with van der Waals surface area (Å²) in [7, 11) is 0. The fourth-order valence-corrected chi connectivity index (χ4v) is 3.13. The summed E-state index contributed by atoms with van der Waals surface area (Å²) in [4.78, 5) is 12.1. The van der Waals surface area contributed by atoms with Crippen LogP contribution >= 0.6 is 27.3 Å². The third-order valence-corrected chi connectivity index (χ3v) is 4.75. The van der Waals surface area contributed by atoms with Crippen LogP contribution in [0.2, 0.25) is 0 Å². The van der Waals surface area contributed by atoms with Crippen LogP contribution in [0.3, 0.4) is 0 Å². The Bertz CT molecular complexity index is 822. The highest BCUT2D eigenvalue weighted by Crippen LogP contribution is 2.17. The summed E-state index contributed by atoms with van der Waals surface area (Å²) in [6.45, 7) is 0.519. The van der Waals surface area contributed by atoms with Gasteiger partial charge in [-0.05, 0) is 29.8 Å². The van der Waals surface area contributed by atoms with Crippen LogP contribution in [-0.2, 0) is 17.6 Å². The number of rotatable bonds is 7. The topological polar surface area (TPSA) is 64.1 Å². The standard InChI is InChI=1S/C18H16BrN3O2S/c19-14-8-6-13(7-9-14)12-16(23)20-18-22-21-17(25-18)10-11-24-15-4-2-1-3-5-15/h1-9H,10-12H2,(H,20,22,23). The zero-order valence-corrected chi connectivity index (χ0v) is 15.7. The Labute approximate surface area is 158 Å². The second kappa shape index (κ2) is 8.73. The zero-order chi connectivity index (χ0) is 17.5. The van der Waals surface area contributed by atoms with E-state index in [4.69, 9.17) is 4.74 Å². The van der Waals surface area contributed by atoms with E-state index < -0.39 is 0 Å². The first-order valence-corrected chi connectivity index (χ1v) is 9.34. The van der Waals surface area contributed by atoms with Gasteiger partial charge in [0, 0.05) is 10.9 Å². The molecule has 5 nitrogen and oxygen atoms in total. The normalized spacial score (nSPS) is 10.4. The van der Waals surface area contributed by atoms with Gasteiger partial charge in [-0.25, -0.2) is 0 Å². The molecule has 3 aromatic rings. The van der Waals surface area contributed by atoms with Crippen molar-refractivity contribution in [2.45, 2.75) is 12.8 Å². The summed E-state index contributed by atoms with van der Waals surface area (Å²) in [6.07, 6.45) is 0.953. The number of amides is 1. The summed E-state index contributed by atoms with van der Waals surface area (Å²) in [5.41, 5.74) is 0.946. The predicted molar refractivity (Wildman–Crippen MR) is 102 cm³/mol. The van der Waals surface area contributed by atoms with Gasteiger partial charge in [0.15, 0.2) is 0 Å². The smallest absolute Gasteiger partial charge is 0.230 e. The monoisotopic (exact) mass is 417 g/mol. The fourth-order valence-electron chi connectivity index (χ4n) is 2.13. The van der Waals surface area contributed by atoms with Gasteiger partial charge in [-0.2, -0.15) is 0 Å². The van der Waals surface area contributed by atoms with Crippen molar-refractivity contribution in [1.82, 2.24) is 10.2 Å². The Morgan fingerprint density at radius 1 is 1.08 bits per heavy atom. The van der Waals surface area contributed by atoms with Gasteiger partial charge in [0.05, 0.1) is 13.0 Å². The first kappa shape index (κ1) is 17.6. The van der Waals surface area contributed by atoms with Crippen molar-refractivity contribution in [2.75, 3.05) is 11.9 Å². The highest BCUT2D eigenvalue weighted by Gasteiger charge is 2.09. The molecule has 1 aromatic heterocycles. The third-order valence-electron chi connectivity index (χ3n) is 3.32. The van der Waals surface area contributed by atoms with E-state index in [2.05, 4.69) is 31.4 Å². The molecular weight excluding hydrogens is 402 g/mol. The number of halogens is 1. The Morgan fingerprint density at radius 3 is 2.60 bits per heavy atom. The third kappa shape index (κ3) is 5.65. The van der Waals surface area contributed by atoms with Gasteiger partial charge in [-0.3, -0.25) is 4.79 Å².